The highest BCUT2D eigenvalue weighted by molar-refractivity contribution is 9.10. The second-order valence-corrected chi connectivity index (χ2v) is 5.57. The summed E-state index contributed by atoms with van der Waals surface area (Å²) < 4.78 is 5.84. The lowest BCUT2D eigenvalue weighted by atomic mass is 9.93. The average Bonchev–Trinajstić information content (AvgIpc) is 2.72. The molecule has 2 N–H and O–H groups in total. The molecular weight excluding hydrogens is 284 g/mol. The van der Waals surface area contributed by atoms with Crippen LogP contribution in [0.3, 0.4) is 0 Å². The molecule has 0 aromatic carbocycles. The third-order valence-corrected chi connectivity index (χ3v) is 3.05. The third-order valence-electron chi connectivity index (χ3n) is 2.62. The van der Waals surface area contributed by atoms with E-state index < -0.39 is 0 Å². The van der Waals surface area contributed by atoms with Gasteiger partial charge in [0, 0.05) is 13.1 Å². The lowest BCUT2D eigenvalue weighted by Crippen LogP contribution is -2.41. The molecule has 1 rings (SSSR count). The van der Waals surface area contributed by atoms with Gasteiger partial charge < -0.3 is 15.1 Å². The molecule has 0 unspecified atom stereocenters. The van der Waals surface area contributed by atoms with Crippen LogP contribution in [0.25, 0.3) is 0 Å². The van der Waals surface area contributed by atoms with Crippen LogP contribution < -0.4 is 5.73 Å². The van der Waals surface area contributed by atoms with Crippen molar-refractivity contribution in [3.63, 3.8) is 0 Å². The summed E-state index contributed by atoms with van der Waals surface area (Å²) in [5.74, 6) is 0.256. The lowest BCUT2D eigenvalue weighted by molar-refractivity contribution is 0.0667. The number of carbonyl (C=O) groups excluding carboxylic acids is 1. The Kier molecular flexibility index (Phi) is 4.77. The summed E-state index contributed by atoms with van der Waals surface area (Å²) >= 11 is 3.19. The summed E-state index contributed by atoms with van der Waals surface area (Å²) in [5, 5.41) is 0. The molecule has 1 aromatic rings. The standard InChI is InChI=1S/C12H19BrN2O2/c1-4-15(8-12(2,3)7-14)11(16)9-5-6-10(13)17-9/h5-6H,4,7-8,14H2,1-3H3. The Balaban J connectivity index is 2.78. The molecule has 0 aliphatic carbocycles. The summed E-state index contributed by atoms with van der Waals surface area (Å²) in [4.78, 5) is 13.9. The van der Waals surface area contributed by atoms with Crippen molar-refractivity contribution < 1.29 is 9.21 Å². The van der Waals surface area contributed by atoms with E-state index in [4.69, 9.17) is 10.2 Å². The number of hydrogen-bond donors (Lipinski definition) is 1. The van der Waals surface area contributed by atoms with Gasteiger partial charge in [-0.05, 0) is 46.9 Å². The first-order valence-electron chi connectivity index (χ1n) is 5.64. The first kappa shape index (κ1) is 14.3. The zero-order valence-electron chi connectivity index (χ0n) is 10.5. The van der Waals surface area contributed by atoms with E-state index in [0.29, 0.717) is 30.1 Å². The number of rotatable bonds is 5. The molecule has 5 heteroatoms. The van der Waals surface area contributed by atoms with E-state index in [1.165, 1.54) is 0 Å². The molecule has 96 valence electrons. The van der Waals surface area contributed by atoms with Gasteiger partial charge in [0.15, 0.2) is 10.4 Å². The number of furan rings is 1. The Morgan fingerprint density at radius 3 is 2.59 bits per heavy atom. The van der Waals surface area contributed by atoms with Crippen LogP contribution in [-0.2, 0) is 0 Å². The molecule has 1 amide bonds. The van der Waals surface area contributed by atoms with Gasteiger partial charge in [-0.3, -0.25) is 4.79 Å². The normalized spacial score (nSPS) is 11.6. The molecule has 0 atom stereocenters. The van der Waals surface area contributed by atoms with E-state index in [-0.39, 0.29) is 11.3 Å². The van der Waals surface area contributed by atoms with Gasteiger partial charge in [-0.1, -0.05) is 13.8 Å². The summed E-state index contributed by atoms with van der Waals surface area (Å²) in [6.07, 6.45) is 0. The second-order valence-electron chi connectivity index (χ2n) is 4.79. The Bertz CT molecular complexity index is 388. The zero-order chi connectivity index (χ0) is 13.1. The maximum Gasteiger partial charge on any atom is 0.289 e. The number of nitrogens with two attached hydrogens (primary N) is 1. The van der Waals surface area contributed by atoms with Gasteiger partial charge in [-0.25, -0.2) is 0 Å². The smallest absolute Gasteiger partial charge is 0.289 e. The summed E-state index contributed by atoms with van der Waals surface area (Å²) in [6, 6.07) is 3.39. The SMILES string of the molecule is CCN(CC(C)(C)CN)C(=O)c1ccc(Br)o1. The van der Waals surface area contributed by atoms with Gasteiger partial charge in [-0.2, -0.15) is 0 Å². The largest absolute Gasteiger partial charge is 0.444 e. The molecule has 0 radical (unpaired) electrons. The van der Waals surface area contributed by atoms with E-state index in [0.717, 1.165) is 0 Å². The number of amides is 1. The van der Waals surface area contributed by atoms with Crippen LogP contribution in [0.5, 0.6) is 0 Å². The third kappa shape index (κ3) is 3.85. The minimum absolute atomic E-state index is 0.0878. The maximum atomic E-state index is 12.2. The predicted octanol–water partition coefficient (Wildman–Crippen LogP) is 2.49. The fraction of sp³-hybridized carbons (Fsp3) is 0.583. The van der Waals surface area contributed by atoms with Crippen molar-refractivity contribution in [3.05, 3.63) is 22.6 Å². The van der Waals surface area contributed by atoms with Crippen LogP contribution in [-0.4, -0.2) is 30.4 Å². The molecular formula is C12H19BrN2O2. The molecule has 1 heterocycles. The highest BCUT2D eigenvalue weighted by atomic mass is 79.9. The Morgan fingerprint density at radius 1 is 1.53 bits per heavy atom. The van der Waals surface area contributed by atoms with E-state index >= 15 is 0 Å². The van der Waals surface area contributed by atoms with Crippen molar-refractivity contribution in [2.24, 2.45) is 11.1 Å². The molecule has 0 bridgehead atoms. The van der Waals surface area contributed by atoms with Gasteiger partial charge in [0.2, 0.25) is 0 Å². The molecule has 0 saturated carbocycles. The molecule has 1 aromatic heterocycles. The van der Waals surface area contributed by atoms with E-state index in [9.17, 15) is 4.79 Å². The van der Waals surface area contributed by atoms with Gasteiger partial charge in [0.25, 0.3) is 5.91 Å². The molecule has 4 nitrogen and oxygen atoms in total. The van der Waals surface area contributed by atoms with Crippen molar-refractivity contribution in [1.82, 2.24) is 4.90 Å². The van der Waals surface area contributed by atoms with Crippen LogP contribution in [0, 0.1) is 5.41 Å². The maximum absolute atomic E-state index is 12.2. The van der Waals surface area contributed by atoms with Crippen LogP contribution in [0.4, 0.5) is 0 Å². The second kappa shape index (κ2) is 5.69. The van der Waals surface area contributed by atoms with Crippen molar-refractivity contribution in [1.29, 1.82) is 0 Å². The highest BCUT2D eigenvalue weighted by Crippen LogP contribution is 2.19. The lowest BCUT2D eigenvalue weighted by Gasteiger charge is -2.30. The molecule has 17 heavy (non-hydrogen) atoms. The van der Waals surface area contributed by atoms with Crippen LogP contribution in [0.1, 0.15) is 31.3 Å². The molecule has 0 aliphatic heterocycles. The molecule has 0 fully saturated rings. The quantitative estimate of drug-likeness (QED) is 0.909. The molecule has 0 aliphatic rings. The first-order chi connectivity index (χ1) is 7.89. The van der Waals surface area contributed by atoms with Crippen molar-refractivity contribution in [3.8, 4) is 0 Å². The van der Waals surface area contributed by atoms with Gasteiger partial charge in [0.05, 0.1) is 0 Å². The van der Waals surface area contributed by atoms with E-state index in [1.54, 1.807) is 17.0 Å². The first-order valence-corrected chi connectivity index (χ1v) is 6.43. The van der Waals surface area contributed by atoms with Gasteiger partial charge >= 0.3 is 0 Å². The van der Waals surface area contributed by atoms with Crippen molar-refractivity contribution in [2.75, 3.05) is 19.6 Å². The molecule has 0 spiro atoms. The van der Waals surface area contributed by atoms with Crippen LogP contribution >= 0.6 is 15.9 Å². The van der Waals surface area contributed by atoms with E-state index in [2.05, 4.69) is 15.9 Å². The summed E-state index contributed by atoms with van der Waals surface area (Å²) in [5.41, 5.74) is 5.60. The predicted molar refractivity (Wildman–Crippen MR) is 70.8 cm³/mol. The number of halogens is 1. The highest BCUT2D eigenvalue weighted by Gasteiger charge is 2.25. The van der Waals surface area contributed by atoms with Crippen LogP contribution in [0.15, 0.2) is 21.2 Å². The van der Waals surface area contributed by atoms with Crippen LogP contribution in [0.2, 0.25) is 0 Å². The zero-order valence-corrected chi connectivity index (χ0v) is 12.1. The number of carbonyl (C=O) groups is 1. The summed E-state index contributed by atoms with van der Waals surface area (Å²) in [6.45, 7) is 7.83. The van der Waals surface area contributed by atoms with E-state index in [1.807, 2.05) is 20.8 Å². The van der Waals surface area contributed by atoms with Crippen molar-refractivity contribution in [2.45, 2.75) is 20.8 Å². The fourth-order valence-electron chi connectivity index (χ4n) is 1.49. The number of hydrogen-bond acceptors (Lipinski definition) is 3. The van der Waals surface area contributed by atoms with Gasteiger partial charge in [-0.15, -0.1) is 0 Å². The topological polar surface area (TPSA) is 59.5 Å². The average molecular weight is 303 g/mol. The Hall–Kier alpha value is -0.810. The molecule has 0 saturated heterocycles. The monoisotopic (exact) mass is 302 g/mol. The number of nitrogens with zero attached hydrogens (tertiary/aromatic N) is 1. The minimum Gasteiger partial charge on any atom is -0.444 e. The minimum atomic E-state index is -0.0975. The van der Waals surface area contributed by atoms with Gasteiger partial charge in [0.1, 0.15) is 0 Å². The summed E-state index contributed by atoms with van der Waals surface area (Å²) in [7, 11) is 0. The Labute approximate surface area is 110 Å². The van der Waals surface area contributed by atoms with Crippen molar-refractivity contribution >= 4 is 21.8 Å². The Morgan fingerprint density at radius 2 is 2.18 bits per heavy atom. The fourth-order valence-corrected chi connectivity index (χ4v) is 1.80.